The first-order valence-corrected chi connectivity index (χ1v) is 26.1. The fourth-order valence-corrected chi connectivity index (χ4v) is 11.2. The zero-order valence-corrected chi connectivity index (χ0v) is 42.2. The molecule has 362 valence electrons. The van der Waals surface area contributed by atoms with E-state index in [2.05, 4.69) is 249 Å². The van der Waals surface area contributed by atoms with E-state index in [9.17, 15) is 0 Å². The van der Waals surface area contributed by atoms with Gasteiger partial charge in [-0.15, -0.1) is 0 Å². The van der Waals surface area contributed by atoms with Crippen molar-refractivity contribution in [3.63, 3.8) is 0 Å². The van der Waals surface area contributed by atoms with Crippen LogP contribution in [0.15, 0.2) is 267 Å². The Bertz CT molecular complexity index is 4380. The zero-order valence-electron chi connectivity index (χ0n) is 42.2. The van der Waals surface area contributed by atoms with Crippen LogP contribution in [0.25, 0.3) is 117 Å². The molecule has 0 saturated heterocycles. The van der Waals surface area contributed by atoms with E-state index in [1.807, 2.05) is 30.3 Å². The Morgan fingerprint density at radius 3 is 1.31 bits per heavy atom. The van der Waals surface area contributed by atoms with E-state index in [0.717, 1.165) is 111 Å². The molecule has 0 amide bonds. The monoisotopic (exact) mass is 984 g/mol. The molecule has 0 bridgehead atoms. The summed E-state index contributed by atoms with van der Waals surface area (Å²) in [5.41, 5.74) is 20.1. The number of likely N-dealkylation sites (N-methyl/N-ethyl adjacent to an activating group) is 1. The first-order valence-electron chi connectivity index (χ1n) is 26.1. The first kappa shape index (κ1) is 45.4. The summed E-state index contributed by atoms with van der Waals surface area (Å²) in [6.45, 7) is 0. The van der Waals surface area contributed by atoms with Gasteiger partial charge in [0.05, 0.1) is 39.8 Å². The van der Waals surface area contributed by atoms with Crippen molar-refractivity contribution in [3.05, 3.63) is 284 Å². The predicted octanol–water partition coefficient (Wildman–Crippen LogP) is 17.4. The molecule has 1 aliphatic heterocycles. The number of fused-ring (bicyclic) bond motifs is 6. The fourth-order valence-electron chi connectivity index (χ4n) is 11.2. The molecule has 0 spiro atoms. The Labute approximate surface area is 447 Å². The number of hydrogen-bond donors (Lipinski definition) is 0. The Kier molecular flexibility index (Phi) is 11.4. The third-order valence-corrected chi connectivity index (χ3v) is 14.9. The summed E-state index contributed by atoms with van der Waals surface area (Å²) < 4.78 is 0. The van der Waals surface area contributed by atoms with E-state index in [4.69, 9.17) is 24.9 Å². The SMILES string of the molecule is CN1c2c(ccc3c(-c4cccc(-c5cccc(-c6nc(-c7ccccc7)nc7c6ccc6c(-c8ccccc8)cc(-c8ccccc8)nc67)c5)c4)nc(-c4ccccc4)nc23)C(c2ccccc2)=CC1c1ccccc1. The van der Waals surface area contributed by atoms with Gasteiger partial charge in [-0.25, -0.2) is 24.9 Å². The number of nitrogens with zero attached hydrogens (tertiary/aromatic N) is 6. The van der Waals surface area contributed by atoms with Gasteiger partial charge in [-0.1, -0.05) is 231 Å². The molecule has 0 saturated carbocycles. The summed E-state index contributed by atoms with van der Waals surface area (Å²) in [4.78, 5) is 29.6. The highest BCUT2D eigenvalue weighted by molar-refractivity contribution is 6.13. The molecule has 1 aliphatic rings. The Balaban J connectivity index is 0.940. The largest absolute Gasteiger partial charge is 0.362 e. The Morgan fingerprint density at radius 2 is 0.740 bits per heavy atom. The van der Waals surface area contributed by atoms with E-state index in [0.29, 0.717) is 11.6 Å². The van der Waals surface area contributed by atoms with Crippen molar-refractivity contribution in [2.24, 2.45) is 0 Å². The van der Waals surface area contributed by atoms with Gasteiger partial charge in [0.25, 0.3) is 0 Å². The second-order valence-electron chi connectivity index (χ2n) is 19.6. The van der Waals surface area contributed by atoms with Crippen molar-refractivity contribution >= 4 is 44.0 Å². The van der Waals surface area contributed by atoms with E-state index >= 15 is 0 Å². The van der Waals surface area contributed by atoms with Crippen LogP contribution < -0.4 is 4.90 Å². The molecule has 6 heteroatoms. The van der Waals surface area contributed by atoms with Gasteiger partial charge in [0.15, 0.2) is 11.6 Å². The third-order valence-electron chi connectivity index (χ3n) is 14.9. The van der Waals surface area contributed by atoms with Crippen LogP contribution in [0.5, 0.6) is 0 Å². The molecule has 10 aromatic carbocycles. The number of pyridine rings is 1. The molecule has 1 atom stereocenters. The lowest BCUT2D eigenvalue weighted by Gasteiger charge is -2.36. The molecule has 1 unspecified atom stereocenters. The molecular weight excluding hydrogens is 937 g/mol. The maximum absolute atomic E-state index is 5.49. The normalized spacial score (nSPS) is 13.2. The van der Waals surface area contributed by atoms with Gasteiger partial charge in [-0.05, 0) is 75.4 Å². The van der Waals surface area contributed by atoms with Crippen LogP contribution in [0.1, 0.15) is 22.7 Å². The summed E-state index contributed by atoms with van der Waals surface area (Å²) in [5, 5.41) is 2.94. The number of rotatable bonds is 9. The molecule has 0 radical (unpaired) electrons. The van der Waals surface area contributed by atoms with Gasteiger partial charge in [0, 0.05) is 56.6 Å². The molecule has 0 fully saturated rings. The van der Waals surface area contributed by atoms with Gasteiger partial charge in [-0.2, -0.15) is 0 Å². The minimum absolute atomic E-state index is 0.0250. The average Bonchev–Trinajstić information content (AvgIpc) is 3.58. The quantitative estimate of drug-likeness (QED) is 0.134. The van der Waals surface area contributed by atoms with Crippen LogP contribution >= 0.6 is 0 Å². The smallest absolute Gasteiger partial charge is 0.160 e. The lowest BCUT2D eigenvalue weighted by atomic mass is 9.86. The van der Waals surface area contributed by atoms with Crippen LogP contribution in [-0.2, 0) is 0 Å². The van der Waals surface area contributed by atoms with Crippen molar-refractivity contribution in [1.82, 2.24) is 24.9 Å². The van der Waals surface area contributed by atoms with E-state index in [1.54, 1.807) is 0 Å². The number of hydrogen-bond acceptors (Lipinski definition) is 6. The zero-order chi connectivity index (χ0) is 51.2. The summed E-state index contributed by atoms with van der Waals surface area (Å²) >= 11 is 0. The Hall–Kier alpha value is -10.2. The van der Waals surface area contributed by atoms with Gasteiger partial charge in [-0.3, -0.25) is 0 Å². The van der Waals surface area contributed by atoms with E-state index < -0.39 is 0 Å². The van der Waals surface area contributed by atoms with Crippen molar-refractivity contribution in [3.8, 4) is 78.8 Å². The van der Waals surface area contributed by atoms with Crippen LogP contribution in [0, 0.1) is 0 Å². The Morgan fingerprint density at radius 1 is 0.312 bits per heavy atom. The molecule has 3 aromatic heterocycles. The molecule has 77 heavy (non-hydrogen) atoms. The van der Waals surface area contributed by atoms with Gasteiger partial charge >= 0.3 is 0 Å². The van der Waals surface area contributed by atoms with E-state index in [-0.39, 0.29) is 6.04 Å². The second-order valence-corrected chi connectivity index (χ2v) is 19.6. The maximum atomic E-state index is 5.49. The molecular formula is C71H48N6. The minimum atomic E-state index is -0.0250. The third kappa shape index (κ3) is 8.29. The summed E-state index contributed by atoms with van der Waals surface area (Å²) in [5.74, 6) is 1.31. The predicted molar refractivity (Wildman–Crippen MR) is 317 cm³/mol. The lowest BCUT2D eigenvalue weighted by Crippen LogP contribution is -2.27. The average molecular weight is 985 g/mol. The second kappa shape index (κ2) is 19.3. The molecule has 0 aliphatic carbocycles. The van der Waals surface area contributed by atoms with Crippen LogP contribution in [0.4, 0.5) is 5.69 Å². The van der Waals surface area contributed by atoms with Crippen molar-refractivity contribution in [1.29, 1.82) is 0 Å². The van der Waals surface area contributed by atoms with Gasteiger partial charge in [0.1, 0.15) is 5.52 Å². The van der Waals surface area contributed by atoms with Crippen molar-refractivity contribution in [2.45, 2.75) is 6.04 Å². The summed E-state index contributed by atoms with van der Waals surface area (Å²) in [6, 6.07) is 91.5. The molecule has 13 aromatic rings. The van der Waals surface area contributed by atoms with Gasteiger partial charge < -0.3 is 4.90 Å². The highest BCUT2D eigenvalue weighted by Crippen LogP contribution is 2.47. The lowest BCUT2D eigenvalue weighted by molar-refractivity contribution is 0.803. The molecule has 4 heterocycles. The van der Waals surface area contributed by atoms with Crippen molar-refractivity contribution < 1.29 is 0 Å². The topological polar surface area (TPSA) is 67.7 Å². The molecule has 0 N–H and O–H groups in total. The molecule has 14 rings (SSSR count). The maximum Gasteiger partial charge on any atom is 0.160 e. The standard InChI is InChI=1S/C71H48N6/c1-77-63(49-28-14-5-15-29-49)45-61(47-24-10-3-11-25-47)57-39-41-59-65(74-71(76-68(59)69(57)77)51-32-18-7-19-33-51)55-37-21-35-53(43-55)52-34-20-36-54(42-52)64-58-40-38-56-60(46-22-8-2-9-23-46)44-62(48-26-12-4-13-27-48)72-66(56)67(58)75-70(73-64)50-30-16-6-17-31-50/h2-45,63H,1H3. The highest BCUT2D eigenvalue weighted by Gasteiger charge is 2.30. The first-order chi connectivity index (χ1) is 38.1. The van der Waals surface area contributed by atoms with Crippen LogP contribution in [-0.4, -0.2) is 32.0 Å². The number of benzene rings is 10. The van der Waals surface area contributed by atoms with E-state index in [1.165, 1.54) is 16.7 Å². The fraction of sp³-hybridized carbons (Fsp3) is 0.0282. The van der Waals surface area contributed by atoms with Crippen molar-refractivity contribution in [2.75, 3.05) is 11.9 Å². The highest BCUT2D eigenvalue weighted by atomic mass is 15.2. The number of aromatic nitrogens is 5. The van der Waals surface area contributed by atoms with Crippen LogP contribution in [0.2, 0.25) is 0 Å². The van der Waals surface area contributed by atoms with Gasteiger partial charge in [0.2, 0.25) is 0 Å². The summed E-state index contributed by atoms with van der Waals surface area (Å²) in [6.07, 6.45) is 2.39. The molecule has 6 nitrogen and oxygen atoms in total. The minimum Gasteiger partial charge on any atom is -0.362 e. The van der Waals surface area contributed by atoms with Crippen LogP contribution in [0.3, 0.4) is 0 Å². The number of anilines is 1. The summed E-state index contributed by atoms with van der Waals surface area (Å²) in [7, 11) is 2.19.